The van der Waals surface area contributed by atoms with Gasteiger partial charge in [0.2, 0.25) is 5.91 Å². The summed E-state index contributed by atoms with van der Waals surface area (Å²) in [5.41, 5.74) is 0. The van der Waals surface area contributed by atoms with E-state index >= 15 is 0 Å². The first kappa shape index (κ1) is 16.4. The van der Waals surface area contributed by atoms with Crippen molar-refractivity contribution in [1.82, 2.24) is 15.5 Å². The molecule has 0 saturated heterocycles. The third-order valence-corrected chi connectivity index (χ3v) is 2.65. The van der Waals surface area contributed by atoms with Crippen molar-refractivity contribution in [2.24, 2.45) is 5.92 Å². The minimum Gasteiger partial charge on any atom is -0.353 e. The molecule has 0 aromatic heterocycles. The molecule has 0 aromatic carbocycles. The Balaban J connectivity index is 4.29. The summed E-state index contributed by atoms with van der Waals surface area (Å²) in [5, 5.41) is 6.32. The Hall–Kier alpha value is -0.610. The van der Waals surface area contributed by atoms with Gasteiger partial charge in [0.05, 0.1) is 6.04 Å². The first-order valence-corrected chi connectivity index (χ1v) is 6.45. The summed E-state index contributed by atoms with van der Waals surface area (Å²) in [6.07, 6.45) is 0. The van der Waals surface area contributed by atoms with Gasteiger partial charge < -0.3 is 15.5 Å². The van der Waals surface area contributed by atoms with E-state index in [2.05, 4.69) is 43.5 Å². The second-order valence-corrected chi connectivity index (χ2v) is 5.66. The predicted octanol–water partition coefficient (Wildman–Crippen LogP) is 1.08. The van der Waals surface area contributed by atoms with E-state index in [4.69, 9.17) is 0 Å². The molecule has 0 radical (unpaired) electrons. The maximum atomic E-state index is 11.8. The Morgan fingerprint density at radius 2 is 1.65 bits per heavy atom. The molecule has 1 amide bonds. The topological polar surface area (TPSA) is 44.4 Å². The molecule has 0 rings (SSSR count). The lowest BCUT2D eigenvalue weighted by molar-refractivity contribution is -0.123. The van der Waals surface area contributed by atoms with Crippen LogP contribution >= 0.6 is 0 Å². The minimum absolute atomic E-state index is 0.0735. The van der Waals surface area contributed by atoms with Gasteiger partial charge in [-0.2, -0.15) is 0 Å². The van der Waals surface area contributed by atoms with Crippen molar-refractivity contribution < 1.29 is 4.79 Å². The Morgan fingerprint density at radius 3 is 2.00 bits per heavy atom. The highest BCUT2D eigenvalue weighted by Crippen LogP contribution is 2.04. The molecule has 4 heteroatoms. The van der Waals surface area contributed by atoms with E-state index in [1.807, 2.05) is 20.8 Å². The lowest BCUT2D eigenvalue weighted by atomic mass is 10.0. The van der Waals surface area contributed by atoms with Crippen molar-refractivity contribution in [3.63, 3.8) is 0 Å². The van der Waals surface area contributed by atoms with E-state index in [0.29, 0.717) is 12.0 Å². The number of likely N-dealkylation sites (N-methyl/N-ethyl adjacent to an activating group) is 1. The molecule has 0 bridgehead atoms. The molecule has 4 nitrogen and oxygen atoms in total. The van der Waals surface area contributed by atoms with Crippen LogP contribution in [0.4, 0.5) is 0 Å². The van der Waals surface area contributed by atoms with Crippen molar-refractivity contribution in [1.29, 1.82) is 0 Å². The van der Waals surface area contributed by atoms with Crippen molar-refractivity contribution in [2.45, 2.75) is 52.7 Å². The minimum atomic E-state index is -0.148. The fraction of sp³-hybridized carbons (Fsp3) is 0.923. The molecule has 0 heterocycles. The molecule has 2 N–H and O–H groups in total. The maximum Gasteiger partial charge on any atom is 0.237 e. The number of nitrogens with one attached hydrogen (secondary N) is 2. The Morgan fingerprint density at radius 1 is 1.12 bits per heavy atom. The van der Waals surface area contributed by atoms with Gasteiger partial charge in [0.1, 0.15) is 0 Å². The second-order valence-electron chi connectivity index (χ2n) is 5.66. The molecule has 0 aliphatic carbocycles. The standard InChI is InChI=1S/C13H29N3O/c1-9(2)12(8-16(6)7)15-11(5)13(17)14-10(3)4/h9-12,15H,8H2,1-7H3,(H,14,17). The molecule has 102 valence electrons. The van der Waals surface area contributed by atoms with Gasteiger partial charge >= 0.3 is 0 Å². The van der Waals surface area contributed by atoms with Gasteiger partial charge in [-0.05, 0) is 40.8 Å². The SMILES string of the molecule is CC(C)NC(=O)C(C)NC(CN(C)C)C(C)C. The number of rotatable bonds is 7. The van der Waals surface area contributed by atoms with Gasteiger partial charge in [-0.15, -0.1) is 0 Å². The van der Waals surface area contributed by atoms with E-state index in [9.17, 15) is 4.79 Å². The summed E-state index contributed by atoms with van der Waals surface area (Å²) in [6, 6.07) is 0.376. The highest BCUT2D eigenvalue weighted by molar-refractivity contribution is 5.81. The van der Waals surface area contributed by atoms with Crippen molar-refractivity contribution in [3.05, 3.63) is 0 Å². The van der Waals surface area contributed by atoms with E-state index in [1.165, 1.54) is 0 Å². The molecule has 17 heavy (non-hydrogen) atoms. The summed E-state index contributed by atoms with van der Waals surface area (Å²) in [4.78, 5) is 14.0. The lowest BCUT2D eigenvalue weighted by Crippen LogP contribution is -2.52. The predicted molar refractivity (Wildman–Crippen MR) is 73.1 cm³/mol. The third kappa shape index (κ3) is 7.34. The second kappa shape index (κ2) is 7.67. The normalized spacial score (nSPS) is 15.4. The summed E-state index contributed by atoms with van der Waals surface area (Å²) < 4.78 is 0. The van der Waals surface area contributed by atoms with Gasteiger partial charge in [-0.1, -0.05) is 13.8 Å². The number of carbonyl (C=O) groups is 1. The highest BCUT2D eigenvalue weighted by Gasteiger charge is 2.20. The van der Waals surface area contributed by atoms with Crippen LogP contribution in [-0.2, 0) is 4.79 Å². The summed E-state index contributed by atoms with van der Waals surface area (Å²) >= 11 is 0. The van der Waals surface area contributed by atoms with Crippen LogP contribution in [0.1, 0.15) is 34.6 Å². The molecule has 0 saturated carbocycles. The van der Waals surface area contributed by atoms with Gasteiger partial charge in [0.25, 0.3) is 0 Å². The number of carbonyl (C=O) groups excluding carboxylic acids is 1. The van der Waals surface area contributed by atoms with E-state index in [1.54, 1.807) is 0 Å². The summed E-state index contributed by atoms with van der Waals surface area (Å²) in [7, 11) is 4.10. The molecule has 0 spiro atoms. The molecule has 0 aliphatic rings. The average Bonchev–Trinajstić information content (AvgIpc) is 2.14. The Labute approximate surface area is 106 Å². The third-order valence-electron chi connectivity index (χ3n) is 2.65. The average molecular weight is 243 g/mol. The van der Waals surface area contributed by atoms with Crippen LogP contribution in [0.5, 0.6) is 0 Å². The molecular weight excluding hydrogens is 214 g/mol. The largest absolute Gasteiger partial charge is 0.353 e. The highest BCUT2D eigenvalue weighted by atomic mass is 16.2. The fourth-order valence-corrected chi connectivity index (χ4v) is 1.66. The Kier molecular flexibility index (Phi) is 7.39. The molecule has 0 aromatic rings. The van der Waals surface area contributed by atoms with E-state index < -0.39 is 0 Å². The van der Waals surface area contributed by atoms with Crippen LogP contribution in [0.3, 0.4) is 0 Å². The first-order chi connectivity index (χ1) is 7.73. The number of hydrogen-bond acceptors (Lipinski definition) is 3. The number of hydrogen-bond donors (Lipinski definition) is 2. The zero-order chi connectivity index (χ0) is 13.6. The fourth-order valence-electron chi connectivity index (χ4n) is 1.66. The van der Waals surface area contributed by atoms with Gasteiger partial charge in [0, 0.05) is 18.6 Å². The van der Waals surface area contributed by atoms with E-state index in [0.717, 1.165) is 6.54 Å². The van der Waals surface area contributed by atoms with Crippen LogP contribution in [0.25, 0.3) is 0 Å². The number of amides is 1. The Bertz CT molecular complexity index is 227. The molecular formula is C13H29N3O. The lowest BCUT2D eigenvalue weighted by Gasteiger charge is -2.28. The van der Waals surface area contributed by atoms with Crippen LogP contribution in [0.2, 0.25) is 0 Å². The monoisotopic (exact) mass is 243 g/mol. The van der Waals surface area contributed by atoms with Gasteiger partial charge in [-0.25, -0.2) is 0 Å². The van der Waals surface area contributed by atoms with Crippen LogP contribution in [0, 0.1) is 5.92 Å². The first-order valence-electron chi connectivity index (χ1n) is 6.45. The van der Waals surface area contributed by atoms with E-state index in [-0.39, 0.29) is 18.0 Å². The van der Waals surface area contributed by atoms with Crippen LogP contribution < -0.4 is 10.6 Å². The molecule has 2 atom stereocenters. The van der Waals surface area contributed by atoms with Crippen LogP contribution in [0.15, 0.2) is 0 Å². The zero-order valence-corrected chi connectivity index (χ0v) is 12.4. The number of nitrogens with zero attached hydrogens (tertiary/aromatic N) is 1. The zero-order valence-electron chi connectivity index (χ0n) is 12.4. The van der Waals surface area contributed by atoms with Gasteiger partial charge in [0.15, 0.2) is 0 Å². The summed E-state index contributed by atoms with van der Waals surface area (Å²) in [6.45, 7) is 11.2. The smallest absolute Gasteiger partial charge is 0.237 e. The quantitative estimate of drug-likeness (QED) is 0.703. The van der Waals surface area contributed by atoms with Crippen molar-refractivity contribution >= 4 is 5.91 Å². The van der Waals surface area contributed by atoms with Crippen molar-refractivity contribution in [3.8, 4) is 0 Å². The molecule has 0 aliphatic heterocycles. The van der Waals surface area contributed by atoms with Gasteiger partial charge in [-0.3, -0.25) is 4.79 Å². The van der Waals surface area contributed by atoms with Crippen molar-refractivity contribution in [2.75, 3.05) is 20.6 Å². The molecule has 2 unspecified atom stereocenters. The maximum absolute atomic E-state index is 11.8. The summed E-state index contributed by atoms with van der Waals surface area (Å²) in [5.74, 6) is 0.580. The van der Waals surface area contributed by atoms with Crippen LogP contribution in [-0.4, -0.2) is 49.6 Å². The molecule has 0 fully saturated rings.